The fraction of sp³-hybridized carbons (Fsp3) is 0.417. The first-order valence-electron chi connectivity index (χ1n) is 12.1. The maximum Gasteiger partial charge on any atom is 0.252 e. The molecule has 14 heteroatoms. The van der Waals surface area contributed by atoms with E-state index in [1.54, 1.807) is 34.3 Å². The molecule has 208 valence electrons. The number of rotatable bonds is 10. The Bertz CT molecular complexity index is 1230. The summed E-state index contributed by atoms with van der Waals surface area (Å²) < 4.78 is 54.9. The smallest absolute Gasteiger partial charge is 0.252 e. The van der Waals surface area contributed by atoms with Crippen molar-refractivity contribution in [2.45, 2.75) is 49.6 Å². The second kappa shape index (κ2) is 12.3. The van der Waals surface area contributed by atoms with Crippen LogP contribution in [0.4, 0.5) is 0 Å². The quantitative estimate of drug-likeness (QED) is 0.314. The Kier molecular flexibility index (Phi) is 9.62. The molecule has 2 aromatic rings. The van der Waals surface area contributed by atoms with Crippen molar-refractivity contribution in [2.24, 2.45) is 0 Å². The standard InChI is InChI=1S/C24H34N6O6S2/c1-17-5-9-21(10-6-17)37(33,34)27-19(3)23(31)25-29-13-15-30(16-14-29)26-24(32)20(4)28-38(35,36)22-11-7-18(2)8-12-22/h5-12,19-20,27-28H,13-16H2,1-4H3,(H,25,31)(H,26,32)/t19-,20-/m0/s1. The molecule has 1 aliphatic rings. The fourth-order valence-corrected chi connectivity index (χ4v) is 5.98. The van der Waals surface area contributed by atoms with Gasteiger partial charge in [0.05, 0.1) is 21.9 Å². The zero-order valence-electron chi connectivity index (χ0n) is 21.8. The van der Waals surface area contributed by atoms with Crippen molar-refractivity contribution in [3.05, 3.63) is 59.7 Å². The van der Waals surface area contributed by atoms with Crippen LogP contribution >= 0.6 is 0 Å². The largest absolute Gasteiger partial charge is 0.287 e. The van der Waals surface area contributed by atoms with Gasteiger partial charge in [-0.1, -0.05) is 35.4 Å². The Morgan fingerprint density at radius 2 is 0.921 bits per heavy atom. The lowest BCUT2D eigenvalue weighted by molar-refractivity contribution is -0.132. The third-order valence-electron chi connectivity index (χ3n) is 5.93. The molecule has 2 amide bonds. The zero-order valence-corrected chi connectivity index (χ0v) is 23.4. The molecule has 0 radical (unpaired) electrons. The molecule has 0 unspecified atom stereocenters. The molecule has 1 saturated heterocycles. The van der Waals surface area contributed by atoms with Crippen molar-refractivity contribution in [2.75, 3.05) is 26.2 Å². The summed E-state index contributed by atoms with van der Waals surface area (Å²) in [7, 11) is -7.72. The molecule has 1 aliphatic heterocycles. The van der Waals surface area contributed by atoms with E-state index in [4.69, 9.17) is 0 Å². The van der Waals surface area contributed by atoms with Crippen LogP contribution in [0.25, 0.3) is 0 Å². The number of hydrogen-bond acceptors (Lipinski definition) is 8. The van der Waals surface area contributed by atoms with Crippen LogP contribution in [0.3, 0.4) is 0 Å². The Morgan fingerprint density at radius 3 is 1.21 bits per heavy atom. The molecule has 0 bridgehead atoms. The molecule has 0 aromatic heterocycles. The lowest BCUT2D eigenvalue weighted by Gasteiger charge is -2.35. The van der Waals surface area contributed by atoms with Gasteiger partial charge in [0.1, 0.15) is 0 Å². The third kappa shape index (κ3) is 8.06. The number of piperazine rings is 1. The van der Waals surface area contributed by atoms with Gasteiger partial charge in [-0.2, -0.15) is 9.44 Å². The molecule has 0 saturated carbocycles. The van der Waals surface area contributed by atoms with Gasteiger partial charge < -0.3 is 0 Å². The minimum absolute atomic E-state index is 0.0717. The van der Waals surface area contributed by atoms with Crippen LogP contribution in [0.1, 0.15) is 25.0 Å². The van der Waals surface area contributed by atoms with Crippen molar-refractivity contribution in [1.29, 1.82) is 0 Å². The van der Waals surface area contributed by atoms with Gasteiger partial charge in [0.2, 0.25) is 20.0 Å². The molecule has 1 fully saturated rings. The monoisotopic (exact) mass is 566 g/mol. The molecule has 4 N–H and O–H groups in total. The van der Waals surface area contributed by atoms with Gasteiger partial charge >= 0.3 is 0 Å². The lowest BCUT2D eigenvalue weighted by atomic mass is 10.2. The first-order valence-corrected chi connectivity index (χ1v) is 15.0. The van der Waals surface area contributed by atoms with E-state index in [-0.39, 0.29) is 9.79 Å². The number of hydrazine groups is 2. The van der Waals surface area contributed by atoms with E-state index >= 15 is 0 Å². The van der Waals surface area contributed by atoms with Gasteiger partial charge in [0, 0.05) is 26.2 Å². The molecule has 3 rings (SSSR count). The summed E-state index contributed by atoms with van der Waals surface area (Å²) >= 11 is 0. The summed E-state index contributed by atoms with van der Waals surface area (Å²) in [6, 6.07) is 10.6. The first kappa shape index (κ1) is 29.7. The highest BCUT2D eigenvalue weighted by Crippen LogP contribution is 2.12. The van der Waals surface area contributed by atoms with Crippen LogP contribution in [-0.4, -0.2) is 76.9 Å². The number of aryl methyl sites for hydroxylation is 2. The summed E-state index contributed by atoms with van der Waals surface area (Å²) in [5.41, 5.74) is 7.22. The highest BCUT2D eigenvalue weighted by molar-refractivity contribution is 7.89. The molecule has 38 heavy (non-hydrogen) atoms. The van der Waals surface area contributed by atoms with E-state index in [2.05, 4.69) is 20.3 Å². The van der Waals surface area contributed by atoms with Crippen LogP contribution in [-0.2, 0) is 29.6 Å². The molecule has 0 spiro atoms. The number of nitrogens with one attached hydrogen (secondary N) is 4. The van der Waals surface area contributed by atoms with E-state index in [0.29, 0.717) is 26.2 Å². The normalized spacial score (nSPS) is 16.9. The van der Waals surface area contributed by atoms with Gasteiger partial charge in [-0.05, 0) is 52.0 Å². The van der Waals surface area contributed by atoms with Crippen LogP contribution in [0.5, 0.6) is 0 Å². The Morgan fingerprint density at radius 1 is 0.632 bits per heavy atom. The summed E-state index contributed by atoms with van der Waals surface area (Å²) in [5.74, 6) is -1.03. The molecular weight excluding hydrogens is 532 g/mol. The van der Waals surface area contributed by atoms with Crippen molar-refractivity contribution in [3.8, 4) is 0 Å². The van der Waals surface area contributed by atoms with Crippen molar-refractivity contribution < 1.29 is 26.4 Å². The van der Waals surface area contributed by atoms with Crippen molar-refractivity contribution in [3.63, 3.8) is 0 Å². The minimum atomic E-state index is -3.86. The SMILES string of the molecule is Cc1ccc(S(=O)(=O)N[C@@H](C)C(=O)NN2CCN(NC(=O)[C@H](C)NS(=O)(=O)c3ccc(C)cc3)CC2)cc1. The van der Waals surface area contributed by atoms with Gasteiger partial charge in [-0.3, -0.25) is 20.4 Å². The highest BCUT2D eigenvalue weighted by atomic mass is 32.2. The van der Waals surface area contributed by atoms with Crippen LogP contribution in [0.15, 0.2) is 58.3 Å². The van der Waals surface area contributed by atoms with E-state index in [1.165, 1.54) is 38.1 Å². The third-order valence-corrected chi connectivity index (χ3v) is 9.04. The Balaban J connectivity index is 1.44. The molecule has 2 aromatic carbocycles. The van der Waals surface area contributed by atoms with Gasteiger partial charge in [0.25, 0.3) is 11.8 Å². The average molecular weight is 567 g/mol. The summed E-state index contributed by atoms with van der Waals surface area (Å²) in [5, 5.41) is 3.26. The van der Waals surface area contributed by atoms with Crippen molar-refractivity contribution in [1.82, 2.24) is 30.3 Å². The first-order chi connectivity index (χ1) is 17.8. The average Bonchev–Trinajstić information content (AvgIpc) is 2.85. The van der Waals surface area contributed by atoms with Gasteiger partial charge in [0.15, 0.2) is 0 Å². The Labute approximate surface area is 223 Å². The van der Waals surface area contributed by atoms with E-state index in [1.807, 2.05) is 13.8 Å². The highest BCUT2D eigenvalue weighted by Gasteiger charge is 2.27. The van der Waals surface area contributed by atoms with Gasteiger partial charge in [-0.25, -0.2) is 26.9 Å². The molecule has 12 nitrogen and oxygen atoms in total. The fourth-order valence-electron chi connectivity index (χ4n) is 3.58. The number of carbonyl (C=O) groups is 2. The topological polar surface area (TPSA) is 157 Å². The van der Waals surface area contributed by atoms with Crippen LogP contribution in [0.2, 0.25) is 0 Å². The number of carbonyl (C=O) groups excluding carboxylic acids is 2. The maximum absolute atomic E-state index is 12.6. The molecule has 1 heterocycles. The van der Waals surface area contributed by atoms with Crippen LogP contribution < -0.4 is 20.3 Å². The summed E-state index contributed by atoms with van der Waals surface area (Å²) in [4.78, 5) is 25.3. The number of benzene rings is 2. The van der Waals surface area contributed by atoms with Crippen molar-refractivity contribution >= 4 is 31.9 Å². The summed E-state index contributed by atoms with van der Waals surface area (Å²) in [6.45, 7) is 8.02. The number of nitrogens with zero attached hydrogens (tertiary/aromatic N) is 2. The summed E-state index contributed by atoms with van der Waals surface area (Å²) in [6.07, 6.45) is 0. The lowest BCUT2D eigenvalue weighted by Crippen LogP contribution is -2.61. The number of hydrogen-bond donors (Lipinski definition) is 4. The number of sulfonamides is 2. The number of amides is 2. The minimum Gasteiger partial charge on any atom is -0.287 e. The van der Waals surface area contributed by atoms with Gasteiger partial charge in [-0.15, -0.1) is 0 Å². The van der Waals surface area contributed by atoms with Crippen LogP contribution in [0, 0.1) is 13.8 Å². The maximum atomic E-state index is 12.6. The second-order valence-electron chi connectivity index (χ2n) is 9.24. The molecular formula is C24H34N6O6S2. The Hall–Kier alpha value is -2.88. The molecule has 2 atom stereocenters. The van der Waals surface area contributed by atoms with E-state index in [0.717, 1.165) is 11.1 Å². The second-order valence-corrected chi connectivity index (χ2v) is 12.7. The van der Waals surface area contributed by atoms with E-state index in [9.17, 15) is 26.4 Å². The predicted molar refractivity (Wildman–Crippen MR) is 141 cm³/mol. The molecule has 0 aliphatic carbocycles. The van der Waals surface area contributed by atoms with E-state index < -0.39 is 43.9 Å². The zero-order chi connectivity index (χ0) is 28.1. The predicted octanol–water partition coefficient (Wildman–Crippen LogP) is 0.0172.